The number of carbonyl (C=O) groups is 1. The minimum atomic E-state index is -0.246. The first-order chi connectivity index (χ1) is 10.2. The van der Waals surface area contributed by atoms with Gasteiger partial charge in [-0.15, -0.1) is 0 Å². The molecule has 1 aliphatic heterocycles. The molecule has 1 fully saturated rings. The fourth-order valence-electron chi connectivity index (χ4n) is 3.43. The van der Waals surface area contributed by atoms with E-state index in [9.17, 15) is 9.90 Å². The van der Waals surface area contributed by atoms with Crippen molar-refractivity contribution in [3.05, 3.63) is 29.8 Å². The van der Waals surface area contributed by atoms with Gasteiger partial charge in [-0.05, 0) is 30.9 Å². The van der Waals surface area contributed by atoms with Gasteiger partial charge in [0.1, 0.15) is 0 Å². The van der Waals surface area contributed by atoms with E-state index in [2.05, 4.69) is 22.8 Å². The number of amides is 1. The van der Waals surface area contributed by atoms with Gasteiger partial charge in [-0.2, -0.15) is 0 Å². The van der Waals surface area contributed by atoms with E-state index in [1.807, 2.05) is 12.1 Å². The molecule has 0 saturated heterocycles. The first-order valence-corrected chi connectivity index (χ1v) is 8.01. The molecule has 21 heavy (non-hydrogen) atoms. The molecule has 0 spiro atoms. The van der Waals surface area contributed by atoms with Crippen molar-refractivity contribution in [3.8, 4) is 0 Å². The molecule has 1 aliphatic carbocycles. The lowest BCUT2D eigenvalue weighted by Gasteiger charge is -2.29. The van der Waals surface area contributed by atoms with Crippen LogP contribution in [-0.4, -0.2) is 30.2 Å². The van der Waals surface area contributed by atoms with Crippen molar-refractivity contribution in [2.75, 3.05) is 18.4 Å². The van der Waals surface area contributed by atoms with Crippen LogP contribution in [0.2, 0.25) is 0 Å². The normalized spacial score (nSPS) is 28.3. The van der Waals surface area contributed by atoms with Crippen molar-refractivity contribution < 1.29 is 9.90 Å². The van der Waals surface area contributed by atoms with Crippen LogP contribution in [0.3, 0.4) is 0 Å². The number of aliphatic hydroxyl groups is 1. The lowest BCUT2D eigenvalue weighted by atomic mass is 9.86. The number of fused-ring (bicyclic) bond motifs is 1. The van der Waals surface area contributed by atoms with E-state index >= 15 is 0 Å². The SMILES string of the molecule is O=C(NCC1CCCCC1O)C1CNc2ccccc2C1. The summed E-state index contributed by atoms with van der Waals surface area (Å²) in [6.07, 6.45) is 4.71. The van der Waals surface area contributed by atoms with Crippen LogP contribution < -0.4 is 10.6 Å². The number of carbonyl (C=O) groups excluding carboxylic acids is 1. The maximum absolute atomic E-state index is 12.3. The Morgan fingerprint density at radius 2 is 2.10 bits per heavy atom. The quantitative estimate of drug-likeness (QED) is 0.796. The number of hydrogen-bond donors (Lipinski definition) is 3. The van der Waals surface area contributed by atoms with Crippen LogP contribution in [-0.2, 0) is 11.2 Å². The summed E-state index contributed by atoms with van der Waals surface area (Å²) in [5.74, 6) is 0.321. The average Bonchev–Trinajstić information content (AvgIpc) is 2.53. The lowest BCUT2D eigenvalue weighted by molar-refractivity contribution is -0.125. The van der Waals surface area contributed by atoms with E-state index in [4.69, 9.17) is 0 Å². The zero-order valence-electron chi connectivity index (χ0n) is 12.3. The molecule has 1 aromatic carbocycles. The molecule has 114 valence electrons. The van der Waals surface area contributed by atoms with Crippen LogP contribution in [0.25, 0.3) is 0 Å². The molecule has 0 bridgehead atoms. The van der Waals surface area contributed by atoms with Gasteiger partial charge >= 0.3 is 0 Å². The highest BCUT2D eigenvalue weighted by Gasteiger charge is 2.27. The summed E-state index contributed by atoms with van der Waals surface area (Å²) in [5.41, 5.74) is 2.35. The first kappa shape index (κ1) is 14.4. The Morgan fingerprint density at radius 3 is 2.95 bits per heavy atom. The summed E-state index contributed by atoms with van der Waals surface area (Å²) >= 11 is 0. The van der Waals surface area contributed by atoms with E-state index < -0.39 is 0 Å². The lowest BCUT2D eigenvalue weighted by Crippen LogP contribution is -2.42. The molecule has 2 aliphatic rings. The maximum atomic E-state index is 12.3. The molecule has 4 nitrogen and oxygen atoms in total. The molecule has 1 heterocycles. The molecule has 0 radical (unpaired) electrons. The average molecular weight is 288 g/mol. The molecule has 1 saturated carbocycles. The Hall–Kier alpha value is -1.55. The molecule has 3 unspecified atom stereocenters. The molecule has 3 rings (SSSR count). The number of anilines is 1. The molecule has 3 N–H and O–H groups in total. The summed E-state index contributed by atoms with van der Waals surface area (Å²) in [6.45, 7) is 1.30. The number of hydrogen-bond acceptors (Lipinski definition) is 3. The smallest absolute Gasteiger partial charge is 0.225 e. The van der Waals surface area contributed by atoms with Crippen molar-refractivity contribution in [3.63, 3.8) is 0 Å². The van der Waals surface area contributed by atoms with Gasteiger partial charge in [0.15, 0.2) is 0 Å². The Bertz CT molecular complexity index is 503. The second-order valence-corrected chi connectivity index (χ2v) is 6.30. The van der Waals surface area contributed by atoms with Gasteiger partial charge in [-0.3, -0.25) is 4.79 Å². The van der Waals surface area contributed by atoms with Crippen molar-refractivity contribution in [1.29, 1.82) is 0 Å². The van der Waals surface area contributed by atoms with Crippen LogP contribution in [0.1, 0.15) is 31.2 Å². The molecule has 4 heteroatoms. The number of aliphatic hydroxyl groups excluding tert-OH is 1. The van der Waals surface area contributed by atoms with Gasteiger partial charge in [0.2, 0.25) is 5.91 Å². The van der Waals surface area contributed by atoms with Crippen molar-refractivity contribution >= 4 is 11.6 Å². The summed E-state index contributed by atoms with van der Waals surface area (Å²) in [6, 6.07) is 8.16. The van der Waals surface area contributed by atoms with E-state index in [1.54, 1.807) is 0 Å². The van der Waals surface area contributed by atoms with Crippen molar-refractivity contribution in [2.24, 2.45) is 11.8 Å². The van der Waals surface area contributed by atoms with Crippen LogP contribution >= 0.6 is 0 Å². The zero-order chi connectivity index (χ0) is 14.7. The molecule has 1 amide bonds. The van der Waals surface area contributed by atoms with Gasteiger partial charge in [0, 0.05) is 24.7 Å². The van der Waals surface area contributed by atoms with Crippen molar-refractivity contribution in [1.82, 2.24) is 5.32 Å². The highest BCUT2D eigenvalue weighted by Crippen LogP contribution is 2.25. The standard InChI is InChI=1S/C17H24N2O2/c20-16-8-4-2-6-13(16)10-19-17(21)14-9-12-5-1-3-7-15(12)18-11-14/h1,3,5,7,13-14,16,18,20H,2,4,6,8-11H2,(H,19,21). The Kier molecular flexibility index (Phi) is 4.44. The topological polar surface area (TPSA) is 61.4 Å². The number of nitrogens with one attached hydrogen (secondary N) is 2. The van der Waals surface area contributed by atoms with E-state index in [-0.39, 0.29) is 23.8 Å². The van der Waals surface area contributed by atoms with E-state index in [1.165, 1.54) is 5.56 Å². The minimum absolute atomic E-state index is 0.0133. The third-order valence-corrected chi connectivity index (χ3v) is 4.80. The summed E-state index contributed by atoms with van der Waals surface area (Å²) < 4.78 is 0. The Balaban J connectivity index is 1.52. The van der Waals surface area contributed by atoms with Crippen LogP contribution in [0, 0.1) is 11.8 Å². The third kappa shape index (κ3) is 3.38. The molecule has 1 aromatic rings. The highest BCUT2D eigenvalue weighted by atomic mass is 16.3. The minimum Gasteiger partial charge on any atom is -0.393 e. The highest BCUT2D eigenvalue weighted by molar-refractivity contribution is 5.80. The molecule has 3 atom stereocenters. The zero-order valence-corrected chi connectivity index (χ0v) is 12.3. The largest absolute Gasteiger partial charge is 0.393 e. The second-order valence-electron chi connectivity index (χ2n) is 6.30. The van der Waals surface area contributed by atoms with E-state index in [0.29, 0.717) is 13.1 Å². The predicted molar refractivity (Wildman–Crippen MR) is 83.1 cm³/mol. The summed E-state index contributed by atoms with van der Waals surface area (Å²) in [5, 5.41) is 16.3. The predicted octanol–water partition coefficient (Wildman–Crippen LogP) is 1.94. The number of benzene rings is 1. The van der Waals surface area contributed by atoms with Gasteiger partial charge in [0.05, 0.1) is 12.0 Å². The Morgan fingerprint density at radius 1 is 1.29 bits per heavy atom. The van der Waals surface area contributed by atoms with Crippen LogP contribution in [0.15, 0.2) is 24.3 Å². The van der Waals surface area contributed by atoms with Gasteiger partial charge in [0.25, 0.3) is 0 Å². The maximum Gasteiger partial charge on any atom is 0.225 e. The van der Waals surface area contributed by atoms with Gasteiger partial charge < -0.3 is 15.7 Å². The fourth-order valence-corrected chi connectivity index (χ4v) is 3.43. The van der Waals surface area contributed by atoms with Crippen molar-refractivity contribution in [2.45, 2.75) is 38.2 Å². The van der Waals surface area contributed by atoms with Crippen LogP contribution in [0.4, 0.5) is 5.69 Å². The molecular weight excluding hydrogens is 264 g/mol. The number of rotatable bonds is 3. The second kappa shape index (κ2) is 6.48. The first-order valence-electron chi connectivity index (χ1n) is 8.01. The van der Waals surface area contributed by atoms with E-state index in [0.717, 1.165) is 37.8 Å². The summed E-state index contributed by atoms with van der Waals surface area (Å²) in [4.78, 5) is 12.3. The monoisotopic (exact) mass is 288 g/mol. The molecular formula is C17H24N2O2. The fraction of sp³-hybridized carbons (Fsp3) is 0.588. The van der Waals surface area contributed by atoms with Crippen LogP contribution in [0.5, 0.6) is 0 Å². The summed E-state index contributed by atoms with van der Waals surface area (Å²) in [7, 11) is 0. The van der Waals surface area contributed by atoms with Gasteiger partial charge in [-0.25, -0.2) is 0 Å². The Labute approximate surface area is 125 Å². The number of para-hydroxylation sites is 1. The van der Waals surface area contributed by atoms with Gasteiger partial charge in [-0.1, -0.05) is 31.0 Å². The third-order valence-electron chi connectivity index (χ3n) is 4.80. The molecule has 0 aromatic heterocycles.